The van der Waals surface area contributed by atoms with Gasteiger partial charge >= 0.3 is 0 Å². The number of carbonyl (C=O) groups is 4. The van der Waals surface area contributed by atoms with Crippen LogP contribution in [0.2, 0.25) is 0 Å². The Balaban J connectivity index is 0.995. The molecule has 0 N–H and O–H groups in total. The SMILES string of the molecule is C=CCCC1CC2CC1C1C(=O)N(Cc3ccc(CN4C(=O)C5C6CC(CCC=C)C(C6)C5C4=O)cc3)C(=O)C21. The van der Waals surface area contributed by atoms with E-state index >= 15 is 0 Å². The van der Waals surface area contributed by atoms with Gasteiger partial charge in [-0.25, -0.2) is 0 Å². The van der Waals surface area contributed by atoms with E-state index < -0.39 is 0 Å². The fourth-order valence-electron chi connectivity index (χ4n) is 10.1. The number of benzene rings is 1. The second-order valence-corrected chi connectivity index (χ2v) is 13.5. The van der Waals surface area contributed by atoms with Crippen molar-refractivity contribution in [1.29, 1.82) is 0 Å². The van der Waals surface area contributed by atoms with Crippen molar-refractivity contribution in [2.24, 2.45) is 59.2 Å². The molecule has 10 atom stereocenters. The summed E-state index contributed by atoms with van der Waals surface area (Å²) in [7, 11) is 0. The largest absolute Gasteiger partial charge is 0.278 e. The molecule has 1 aromatic carbocycles. The lowest BCUT2D eigenvalue weighted by Crippen LogP contribution is -2.33. The number of fused-ring (bicyclic) bond motifs is 10. The van der Waals surface area contributed by atoms with Gasteiger partial charge in [0.15, 0.2) is 0 Å². The highest BCUT2D eigenvalue weighted by molar-refractivity contribution is 6.06. The number of nitrogens with zero attached hydrogens (tertiary/aromatic N) is 2. The van der Waals surface area contributed by atoms with E-state index in [1.54, 1.807) is 0 Å². The summed E-state index contributed by atoms with van der Waals surface area (Å²) in [6.07, 6.45) is 12.1. The number of likely N-dealkylation sites (tertiary alicyclic amines) is 2. The van der Waals surface area contributed by atoms with E-state index in [4.69, 9.17) is 0 Å². The number of rotatable bonds is 10. The van der Waals surface area contributed by atoms with Gasteiger partial charge in [-0.3, -0.25) is 29.0 Å². The smallest absolute Gasteiger partial charge is 0.233 e. The number of amides is 4. The molecule has 4 bridgehead atoms. The van der Waals surface area contributed by atoms with Gasteiger partial charge in [0.2, 0.25) is 23.6 Å². The molecule has 210 valence electrons. The van der Waals surface area contributed by atoms with Crippen LogP contribution in [0.15, 0.2) is 49.6 Å². The van der Waals surface area contributed by atoms with Crippen molar-refractivity contribution in [3.8, 4) is 0 Å². The molecule has 0 radical (unpaired) electrons. The number of imide groups is 2. The first-order valence-electron chi connectivity index (χ1n) is 15.4. The Bertz CT molecular complexity index is 1170. The van der Waals surface area contributed by atoms with Crippen LogP contribution in [0.4, 0.5) is 0 Å². The third kappa shape index (κ3) is 3.81. The second-order valence-electron chi connectivity index (χ2n) is 13.5. The molecular weight excluding hydrogens is 500 g/mol. The van der Waals surface area contributed by atoms with Crippen LogP contribution >= 0.6 is 0 Å². The lowest BCUT2D eigenvalue weighted by Gasteiger charge is -2.28. The van der Waals surface area contributed by atoms with Crippen LogP contribution in [-0.2, 0) is 32.3 Å². The van der Waals surface area contributed by atoms with Crippen LogP contribution in [-0.4, -0.2) is 33.4 Å². The molecule has 6 aliphatic rings. The fraction of sp³-hybridized carbons (Fsp3) is 0.588. The summed E-state index contributed by atoms with van der Waals surface area (Å²) in [5.41, 5.74) is 1.81. The maximum atomic E-state index is 13.4. The number of carbonyl (C=O) groups excluding carboxylic acids is 4. The highest BCUT2D eigenvalue weighted by Gasteiger charge is 2.64. The summed E-state index contributed by atoms with van der Waals surface area (Å²) in [6.45, 7) is 8.28. The van der Waals surface area contributed by atoms with Crippen molar-refractivity contribution in [1.82, 2.24) is 9.80 Å². The number of allylic oxidation sites excluding steroid dienone is 2. The number of hydrogen-bond donors (Lipinski definition) is 0. The highest BCUT2D eigenvalue weighted by Crippen LogP contribution is 2.61. The highest BCUT2D eigenvalue weighted by atomic mass is 16.2. The van der Waals surface area contributed by atoms with Crippen molar-refractivity contribution >= 4 is 23.6 Å². The minimum Gasteiger partial charge on any atom is -0.278 e. The molecule has 4 amide bonds. The molecule has 4 saturated carbocycles. The first-order valence-corrected chi connectivity index (χ1v) is 15.4. The van der Waals surface area contributed by atoms with Gasteiger partial charge in [0, 0.05) is 0 Å². The van der Waals surface area contributed by atoms with Crippen molar-refractivity contribution in [2.45, 2.75) is 64.5 Å². The molecule has 6 nitrogen and oxygen atoms in total. The van der Waals surface area contributed by atoms with E-state index in [9.17, 15) is 19.2 Å². The van der Waals surface area contributed by atoms with Gasteiger partial charge in [0.1, 0.15) is 0 Å². The summed E-state index contributed by atoms with van der Waals surface area (Å²) in [4.78, 5) is 56.5. The molecule has 1 aromatic rings. The van der Waals surface area contributed by atoms with Crippen molar-refractivity contribution in [3.05, 3.63) is 60.7 Å². The lowest BCUT2D eigenvalue weighted by molar-refractivity contribution is -0.143. The molecule has 2 saturated heterocycles. The van der Waals surface area contributed by atoms with Gasteiger partial charge in [0.05, 0.1) is 36.8 Å². The summed E-state index contributed by atoms with van der Waals surface area (Å²) < 4.78 is 0. The van der Waals surface area contributed by atoms with Crippen LogP contribution in [0, 0.1) is 59.2 Å². The van der Waals surface area contributed by atoms with Gasteiger partial charge in [-0.2, -0.15) is 0 Å². The average molecular weight is 541 g/mol. The maximum absolute atomic E-state index is 13.4. The topological polar surface area (TPSA) is 74.8 Å². The molecular formula is C34H40N2O4. The van der Waals surface area contributed by atoms with Crippen LogP contribution in [0.1, 0.15) is 62.5 Å². The van der Waals surface area contributed by atoms with Crippen LogP contribution in [0.3, 0.4) is 0 Å². The monoisotopic (exact) mass is 540 g/mol. The lowest BCUT2D eigenvalue weighted by atomic mass is 9.74. The predicted octanol–water partition coefficient (Wildman–Crippen LogP) is 5.13. The maximum Gasteiger partial charge on any atom is 0.233 e. The minimum atomic E-state index is -0.140. The van der Waals surface area contributed by atoms with E-state index in [-0.39, 0.29) is 47.3 Å². The Morgan fingerprint density at radius 2 is 0.975 bits per heavy atom. The van der Waals surface area contributed by atoms with E-state index in [2.05, 4.69) is 13.2 Å². The minimum absolute atomic E-state index is 0.00886. The van der Waals surface area contributed by atoms with Gasteiger partial charge in [0.25, 0.3) is 0 Å². The zero-order valence-corrected chi connectivity index (χ0v) is 23.3. The second kappa shape index (κ2) is 9.81. The Hall–Kier alpha value is -3.02. The summed E-state index contributed by atoms with van der Waals surface area (Å²) >= 11 is 0. The quantitative estimate of drug-likeness (QED) is 0.305. The third-order valence-corrected chi connectivity index (χ3v) is 11.7. The van der Waals surface area contributed by atoms with Crippen LogP contribution in [0.5, 0.6) is 0 Å². The summed E-state index contributed by atoms with van der Waals surface area (Å²) in [6, 6.07) is 7.75. The third-order valence-electron chi connectivity index (χ3n) is 11.7. The normalized spacial score (nSPS) is 39.0. The van der Waals surface area contributed by atoms with Crippen LogP contribution in [0.25, 0.3) is 0 Å². The first-order chi connectivity index (χ1) is 19.4. The van der Waals surface area contributed by atoms with Gasteiger partial charge in [-0.1, -0.05) is 36.4 Å². The average Bonchev–Trinajstić information content (AvgIpc) is 3.79. The van der Waals surface area contributed by atoms with Gasteiger partial charge in [-0.15, -0.1) is 13.2 Å². The Labute approximate surface area is 236 Å². The number of hydrogen-bond acceptors (Lipinski definition) is 4. The summed E-state index contributed by atoms with van der Waals surface area (Å²) in [5, 5.41) is 0. The molecule has 6 fully saturated rings. The Morgan fingerprint density at radius 3 is 1.35 bits per heavy atom. The molecule has 4 aliphatic carbocycles. The van der Waals surface area contributed by atoms with Crippen molar-refractivity contribution in [2.75, 3.05) is 0 Å². The zero-order valence-electron chi connectivity index (χ0n) is 23.3. The molecule has 6 heteroatoms. The zero-order chi connectivity index (χ0) is 27.7. The molecule has 40 heavy (non-hydrogen) atoms. The molecule has 2 heterocycles. The van der Waals surface area contributed by atoms with Crippen molar-refractivity contribution < 1.29 is 19.2 Å². The predicted molar refractivity (Wildman–Crippen MR) is 150 cm³/mol. The molecule has 10 unspecified atom stereocenters. The van der Waals surface area contributed by atoms with Crippen molar-refractivity contribution in [3.63, 3.8) is 0 Å². The van der Waals surface area contributed by atoms with Gasteiger partial charge in [-0.05, 0) is 98.0 Å². The van der Waals surface area contributed by atoms with E-state index in [1.165, 1.54) is 9.80 Å². The Kier molecular flexibility index (Phi) is 6.36. The Morgan fingerprint density at radius 1 is 0.600 bits per heavy atom. The molecule has 0 aromatic heterocycles. The van der Waals surface area contributed by atoms with E-state index in [0.717, 1.165) is 62.5 Å². The van der Waals surface area contributed by atoms with E-state index in [1.807, 2.05) is 36.4 Å². The van der Waals surface area contributed by atoms with Crippen LogP contribution < -0.4 is 0 Å². The van der Waals surface area contributed by atoms with E-state index in [0.29, 0.717) is 48.6 Å². The molecule has 2 aliphatic heterocycles. The summed E-state index contributed by atoms with van der Waals surface area (Å²) in [5.74, 6) is 1.92. The fourth-order valence-corrected chi connectivity index (χ4v) is 10.1. The molecule has 7 rings (SSSR count). The first kappa shape index (κ1) is 25.9. The van der Waals surface area contributed by atoms with Gasteiger partial charge < -0.3 is 0 Å². The molecule has 0 spiro atoms. The standard InChI is InChI=1S/C34H40N2O4/c1-3-5-7-21-13-23-15-25(21)29-27(23)31(37)35(33(29)39)17-19-9-11-20(12-10-19)18-36-32(38)28-24-14-22(8-6-4-2)26(16-24)30(28)34(36)40/h3-4,9-12,21-30H,1-2,5-8,13-18H2.